The number of fused-ring (bicyclic) bond motifs is 3. The first-order chi connectivity index (χ1) is 16.5. The molecule has 0 bridgehead atoms. The Bertz CT molecular complexity index is 1280. The van der Waals surface area contributed by atoms with Crippen molar-refractivity contribution < 1.29 is 14.8 Å². The maximum Gasteiger partial charge on any atom is 0.315 e. The Balaban J connectivity index is 1.38. The molecule has 7 heteroatoms. The van der Waals surface area contributed by atoms with Crippen LogP contribution in [-0.2, 0) is 0 Å². The minimum absolute atomic E-state index is 0.0666. The Morgan fingerprint density at radius 2 is 2.00 bits per heavy atom. The quantitative estimate of drug-likeness (QED) is 0.197. The van der Waals surface area contributed by atoms with E-state index in [2.05, 4.69) is 58.9 Å². The molecular weight excluding hydrogens is 430 g/mol. The van der Waals surface area contributed by atoms with Crippen LogP contribution in [0.5, 0.6) is 11.5 Å². The van der Waals surface area contributed by atoms with Gasteiger partial charge in [0, 0.05) is 29.4 Å². The number of para-hydroxylation sites is 1. The largest absolute Gasteiger partial charge is 0.500 e. The van der Waals surface area contributed by atoms with Crippen LogP contribution in [0.2, 0.25) is 0 Å². The van der Waals surface area contributed by atoms with Gasteiger partial charge in [0.1, 0.15) is 0 Å². The van der Waals surface area contributed by atoms with Crippen LogP contribution in [0.15, 0.2) is 77.8 Å². The zero-order valence-electron chi connectivity index (χ0n) is 18.7. The second-order valence-electron chi connectivity index (χ2n) is 8.49. The van der Waals surface area contributed by atoms with Crippen molar-refractivity contribution in [2.24, 2.45) is 10.9 Å². The molecule has 0 spiro atoms. The first-order valence-corrected chi connectivity index (χ1v) is 11.4. The van der Waals surface area contributed by atoms with Gasteiger partial charge in [0.15, 0.2) is 5.75 Å². The fraction of sp³-hybridized carbons (Fsp3) is 0.222. The van der Waals surface area contributed by atoms with E-state index in [1.807, 2.05) is 12.1 Å². The van der Waals surface area contributed by atoms with Gasteiger partial charge in [-0.2, -0.15) is 0 Å². The summed E-state index contributed by atoms with van der Waals surface area (Å²) >= 11 is 0. The lowest BCUT2D eigenvalue weighted by Crippen LogP contribution is -2.28. The minimum Gasteiger partial charge on any atom is -0.500 e. The number of nitrogens with zero attached hydrogens (tertiary/aromatic N) is 2. The van der Waals surface area contributed by atoms with Gasteiger partial charge in [-0.3, -0.25) is 15.1 Å². The third kappa shape index (κ3) is 4.01. The minimum atomic E-state index is -0.634. The highest BCUT2D eigenvalue weighted by Crippen LogP contribution is 2.49. The van der Waals surface area contributed by atoms with Crippen molar-refractivity contribution in [1.82, 2.24) is 0 Å². The van der Waals surface area contributed by atoms with E-state index in [4.69, 9.17) is 4.74 Å². The summed E-state index contributed by atoms with van der Waals surface area (Å²) in [6.45, 7) is 2.03. The zero-order chi connectivity index (χ0) is 23.7. The average Bonchev–Trinajstić information content (AvgIpc) is 3.34. The van der Waals surface area contributed by atoms with E-state index < -0.39 is 16.4 Å². The molecule has 3 aromatic carbocycles. The van der Waals surface area contributed by atoms with E-state index >= 15 is 0 Å². The first-order valence-electron chi connectivity index (χ1n) is 11.4. The van der Waals surface area contributed by atoms with Crippen LogP contribution in [0, 0.1) is 16.0 Å². The topological polar surface area (TPSA) is 97.0 Å². The number of phenolic OH excluding ortho intramolecular Hbond substituents is 1. The number of aliphatic imine (C=N–C) groups is 1. The molecule has 0 radical (unpaired) electrons. The fourth-order valence-electron chi connectivity index (χ4n) is 4.88. The number of ether oxygens (including phenoxy) is 1. The highest BCUT2D eigenvalue weighted by atomic mass is 16.6. The van der Waals surface area contributed by atoms with Crippen molar-refractivity contribution in [3.05, 3.63) is 99.6 Å². The average molecular weight is 456 g/mol. The molecule has 3 aromatic rings. The molecule has 172 valence electrons. The third-order valence-electron chi connectivity index (χ3n) is 6.46. The van der Waals surface area contributed by atoms with Gasteiger partial charge in [-0.05, 0) is 54.7 Å². The molecule has 2 N–H and O–H groups in total. The molecule has 3 atom stereocenters. The van der Waals surface area contributed by atoms with Crippen molar-refractivity contribution in [2.75, 3.05) is 11.9 Å². The Morgan fingerprint density at radius 1 is 1.21 bits per heavy atom. The lowest BCUT2D eigenvalue weighted by atomic mass is 9.77. The van der Waals surface area contributed by atoms with E-state index in [-0.39, 0.29) is 18.4 Å². The summed E-state index contributed by atoms with van der Waals surface area (Å²) in [7, 11) is 0. The molecule has 0 fully saturated rings. The Labute approximate surface area is 197 Å². The molecule has 0 unspecified atom stereocenters. The van der Waals surface area contributed by atoms with Gasteiger partial charge in [0.25, 0.3) is 0 Å². The molecule has 2 aliphatic rings. The second-order valence-corrected chi connectivity index (χ2v) is 8.49. The summed E-state index contributed by atoms with van der Waals surface area (Å²) in [5, 5.41) is 25.1. The van der Waals surface area contributed by atoms with Crippen LogP contribution >= 0.6 is 0 Å². The van der Waals surface area contributed by atoms with Crippen molar-refractivity contribution in [1.29, 1.82) is 0 Å². The number of aromatic hydroxyl groups is 1. The summed E-state index contributed by atoms with van der Waals surface area (Å²) in [5.74, 6) is 0.482. The molecule has 34 heavy (non-hydrogen) atoms. The summed E-state index contributed by atoms with van der Waals surface area (Å²) in [4.78, 5) is 15.1. The van der Waals surface area contributed by atoms with Gasteiger partial charge in [-0.25, -0.2) is 0 Å². The van der Waals surface area contributed by atoms with Gasteiger partial charge >= 0.3 is 5.69 Å². The Hall–Kier alpha value is -4.13. The molecule has 5 rings (SSSR count). The van der Waals surface area contributed by atoms with Gasteiger partial charge < -0.3 is 15.2 Å². The number of nitro groups is 1. The third-order valence-corrected chi connectivity index (χ3v) is 6.46. The predicted octanol–water partition coefficient (Wildman–Crippen LogP) is 6.28. The standard InChI is InChI=1S/C27H25N3O4/c1-2-34-25-15-17(14-24(27(25)31)30(32)33)16-28-19-12-10-18(11-13-19)26-22-8-5-7-20(22)21-6-3-4-9-23(21)29-26/h3-7,9-16,20,22,26,29,31H,2,8H2,1H3/t20-,22-,26+/m1/s1. The molecule has 1 aliphatic carbocycles. The molecule has 0 saturated carbocycles. The zero-order valence-corrected chi connectivity index (χ0v) is 18.7. The number of anilines is 1. The highest BCUT2D eigenvalue weighted by molar-refractivity contribution is 5.85. The van der Waals surface area contributed by atoms with Crippen LogP contribution in [0.3, 0.4) is 0 Å². The van der Waals surface area contributed by atoms with Gasteiger partial charge in [0.05, 0.1) is 23.3 Å². The number of benzene rings is 3. The van der Waals surface area contributed by atoms with Crippen LogP contribution < -0.4 is 10.1 Å². The maximum absolute atomic E-state index is 11.3. The van der Waals surface area contributed by atoms with E-state index in [9.17, 15) is 15.2 Å². The van der Waals surface area contributed by atoms with Crippen LogP contribution in [0.1, 0.15) is 42.0 Å². The van der Waals surface area contributed by atoms with Crippen LogP contribution in [0.4, 0.5) is 17.1 Å². The van der Waals surface area contributed by atoms with Crippen molar-refractivity contribution in [3.63, 3.8) is 0 Å². The van der Waals surface area contributed by atoms with Gasteiger partial charge in [-0.15, -0.1) is 0 Å². The molecule has 0 aromatic heterocycles. The summed E-state index contributed by atoms with van der Waals surface area (Å²) < 4.78 is 5.33. The molecule has 1 aliphatic heterocycles. The molecule has 0 amide bonds. The monoisotopic (exact) mass is 455 g/mol. The predicted molar refractivity (Wildman–Crippen MR) is 132 cm³/mol. The summed E-state index contributed by atoms with van der Waals surface area (Å²) in [5.41, 5.74) is 4.53. The van der Waals surface area contributed by atoms with Crippen LogP contribution in [-0.4, -0.2) is 22.9 Å². The second kappa shape index (κ2) is 9.02. The van der Waals surface area contributed by atoms with Crippen molar-refractivity contribution in [3.8, 4) is 11.5 Å². The number of allylic oxidation sites excluding steroid dienone is 2. The number of nitro benzene ring substituents is 1. The van der Waals surface area contributed by atoms with Gasteiger partial charge in [-0.1, -0.05) is 42.5 Å². The Kier molecular flexibility index (Phi) is 5.76. The first kappa shape index (κ1) is 21.7. The van der Waals surface area contributed by atoms with E-state index in [0.29, 0.717) is 17.4 Å². The number of hydrogen-bond acceptors (Lipinski definition) is 6. The lowest BCUT2D eigenvalue weighted by Gasteiger charge is -2.37. The lowest BCUT2D eigenvalue weighted by molar-refractivity contribution is -0.386. The smallest absolute Gasteiger partial charge is 0.315 e. The fourth-order valence-corrected chi connectivity index (χ4v) is 4.88. The Morgan fingerprint density at radius 3 is 2.76 bits per heavy atom. The maximum atomic E-state index is 11.3. The number of hydrogen-bond donors (Lipinski definition) is 2. The molecule has 0 saturated heterocycles. The van der Waals surface area contributed by atoms with Crippen LogP contribution in [0.25, 0.3) is 0 Å². The normalized spacial score (nSPS) is 20.6. The van der Waals surface area contributed by atoms with Gasteiger partial charge in [0.2, 0.25) is 5.75 Å². The summed E-state index contributed by atoms with van der Waals surface area (Å²) in [6.07, 6.45) is 7.18. The molecule has 1 heterocycles. The molecule has 7 nitrogen and oxygen atoms in total. The van der Waals surface area contributed by atoms with E-state index in [1.165, 1.54) is 29.1 Å². The number of rotatable bonds is 6. The van der Waals surface area contributed by atoms with E-state index in [1.54, 1.807) is 13.0 Å². The number of phenols is 1. The SMILES string of the molecule is CCOc1cc(C=Nc2ccc([C@@H]3Nc4ccccc4[C@H]4C=CC[C@H]43)cc2)cc([N+](=O)[O-])c1O. The highest BCUT2D eigenvalue weighted by Gasteiger charge is 2.37. The number of nitrogens with one attached hydrogen (secondary N) is 1. The van der Waals surface area contributed by atoms with E-state index in [0.717, 1.165) is 12.1 Å². The molecular formula is C27H25N3O4. The summed E-state index contributed by atoms with van der Waals surface area (Å²) in [6, 6.07) is 19.6. The van der Waals surface area contributed by atoms with Crippen molar-refractivity contribution in [2.45, 2.75) is 25.3 Å². The van der Waals surface area contributed by atoms with Crippen molar-refractivity contribution >= 4 is 23.3 Å².